The standard InChI is InChI=1S/2C5H7N/c2*1-3-5(2)4-6/h3H,1-2H3;3,5H,1H2,2H3. The Kier molecular flexibility index (Phi) is 10.3. The maximum Gasteiger partial charge on any atom is 0.0940 e. The summed E-state index contributed by atoms with van der Waals surface area (Å²) in [5.74, 6) is 0.00463. The molecular formula is C10H14N2. The van der Waals surface area contributed by atoms with Crippen molar-refractivity contribution in [3.8, 4) is 12.1 Å². The van der Waals surface area contributed by atoms with Crippen molar-refractivity contribution in [2.75, 3.05) is 0 Å². The zero-order chi connectivity index (χ0) is 9.98. The Hall–Kier alpha value is -1.54. The summed E-state index contributed by atoms with van der Waals surface area (Å²) in [6.45, 7) is 8.83. The van der Waals surface area contributed by atoms with Gasteiger partial charge in [-0.25, -0.2) is 0 Å². The van der Waals surface area contributed by atoms with E-state index >= 15 is 0 Å². The monoisotopic (exact) mass is 162 g/mol. The molecule has 0 aromatic rings. The van der Waals surface area contributed by atoms with Gasteiger partial charge in [-0.2, -0.15) is 10.5 Å². The zero-order valence-corrected chi connectivity index (χ0v) is 7.83. The van der Waals surface area contributed by atoms with Gasteiger partial charge in [0.2, 0.25) is 0 Å². The highest BCUT2D eigenvalue weighted by Crippen LogP contribution is 1.87. The molecule has 0 spiro atoms. The Morgan fingerprint density at radius 1 is 1.50 bits per heavy atom. The largest absolute Gasteiger partial charge is 0.198 e. The van der Waals surface area contributed by atoms with Crippen LogP contribution in [0.4, 0.5) is 0 Å². The van der Waals surface area contributed by atoms with Crippen LogP contribution in [0.3, 0.4) is 0 Å². The molecule has 0 amide bonds. The van der Waals surface area contributed by atoms with Crippen LogP contribution in [-0.4, -0.2) is 0 Å². The summed E-state index contributed by atoms with van der Waals surface area (Å²) >= 11 is 0. The van der Waals surface area contributed by atoms with Gasteiger partial charge in [-0.1, -0.05) is 12.2 Å². The fourth-order valence-corrected chi connectivity index (χ4v) is 0.117. The predicted octanol–water partition coefficient (Wildman–Crippen LogP) is 2.81. The van der Waals surface area contributed by atoms with E-state index < -0.39 is 0 Å². The van der Waals surface area contributed by atoms with Crippen LogP contribution in [0.5, 0.6) is 0 Å². The first-order valence-corrected chi connectivity index (χ1v) is 3.67. The summed E-state index contributed by atoms with van der Waals surface area (Å²) in [7, 11) is 0. The molecule has 0 N–H and O–H groups in total. The van der Waals surface area contributed by atoms with Crippen molar-refractivity contribution in [3.05, 3.63) is 24.3 Å². The van der Waals surface area contributed by atoms with Crippen LogP contribution in [-0.2, 0) is 0 Å². The van der Waals surface area contributed by atoms with E-state index in [1.165, 1.54) is 0 Å². The smallest absolute Gasteiger partial charge is 0.0940 e. The second kappa shape index (κ2) is 9.46. The number of nitriles is 2. The Balaban J connectivity index is 0. The van der Waals surface area contributed by atoms with Gasteiger partial charge in [-0.15, -0.1) is 6.58 Å². The van der Waals surface area contributed by atoms with Crippen LogP contribution in [0.1, 0.15) is 20.8 Å². The topological polar surface area (TPSA) is 47.6 Å². The van der Waals surface area contributed by atoms with Crippen molar-refractivity contribution in [2.45, 2.75) is 20.8 Å². The predicted molar refractivity (Wildman–Crippen MR) is 50.0 cm³/mol. The molecule has 0 bridgehead atoms. The molecule has 0 rings (SSSR count). The summed E-state index contributed by atoms with van der Waals surface area (Å²) in [6, 6.07) is 3.97. The van der Waals surface area contributed by atoms with Crippen molar-refractivity contribution < 1.29 is 0 Å². The lowest BCUT2D eigenvalue weighted by atomic mass is 10.2. The highest BCUT2D eigenvalue weighted by Gasteiger charge is 1.83. The molecule has 0 heterocycles. The third kappa shape index (κ3) is 11.3. The molecule has 64 valence electrons. The second-order valence-corrected chi connectivity index (χ2v) is 2.24. The van der Waals surface area contributed by atoms with Gasteiger partial charge >= 0.3 is 0 Å². The Labute approximate surface area is 74.4 Å². The Morgan fingerprint density at radius 2 is 2.00 bits per heavy atom. The fraction of sp³-hybridized carbons (Fsp3) is 0.400. The molecule has 0 saturated carbocycles. The van der Waals surface area contributed by atoms with Gasteiger partial charge in [0, 0.05) is 5.57 Å². The minimum atomic E-state index is 0.00463. The molecule has 0 fully saturated rings. The van der Waals surface area contributed by atoms with Gasteiger partial charge in [-0.3, -0.25) is 0 Å². The molecule has 1 atom stereocenters. The second-order valence-electron chi connectivity index (χ2n) is 2.24. The van der Waals surface area contributed by atoms with Crippen molar-refractivity contribution in [1.29, 1.82) is 10.5 Å². The molecular weight excluding hydrogens is 148 g/mol. The Bertz CT molecular complexity index is 225. The third-order valence-corrected chi connectivity index (χ3v) is 1.17. The van der Waals surface area contributed by atoms with Crippen LogP contribution in [0, 0.1) is 28.6 Å². The first kappa shape index (κ1) is 13.1. The molecule has 0 saturated heterocycles. The SMILES string of the molecule is C=CC(C)C#N.CC=C(C)C#N. The van der Waals surface area contributed by atoms with E-state index in [9.17, 15) is 0 Å². The average molecular weight is 162 g/mol. The van der Waals surface area contributed by atoms with Gasteiger partial charge in [0.05, 0.1) is 18.1 Å². The van der Waals surface area contributed by atoms with Gasteiger partial charge in [-0.05, 0) is 20.8 Å². The molecule has 2 nitrogen and oxygen atoms in total. The van der Waals surface area contributed by atoms with E-state index in [-0.39, 0.29) is 5.92 Å². The molecule has 0 aliphatic carbocycles. The lowest BCUT2D eigenvalue weighted by Crippen LogP contribution is -1.76. The van der Waals surface area contributed by atoms with Crippen molar-refractivity contribution in [1.82, 2.24) is 0 Å². The van der Waals surface area contributed by atoms with Gasteiger partial charge in [0.15, 0.2) is 0 Å². The molecule has 0 aromatic heterocycles. The molecule has 12 heavy (non-hydrogen) atoms. The maximum absolute atomic E-state index is 8.02. The van der Waals surface area contributed by atoms with Crippen LogP contribution < -0.4 is 0 Å². The van der Waals surface area contributed by atoms with Gasteiger partial charge in [0.1, 0.15) is 0 Å². The van der Waals surface area contributed by atoms with E-state index in [1.54, 1.807) is 26.0 Å². The highest BCUT2D eigenvalue weighted by atomic mass is 14.2. The summed E-state index contributed by atoms with van der Waals surface area (Å²) < 4.78 is 0. The lowest BCUT2D eigenvalue weighted by molar-refractivity contribution is 0.960. The van der Waals surface area contributed by atoms with E-state index in [4.69, 9.17) is 10.5 Å². The first-order valence-electron chi connectivity index (χ1n) is 3.67. The Morgan fingerprint density at radius 3 is 2.00 bits per heavy atom. The summed E-state index contributed by atoms with van der Waals surface area (Å²) in [6.07, 6.45) is 3.39. The van der Waals surface area contributed by atoms with Crippen molar-refractivity contribution in [3.63, 3.8) is 0 Å². The van der Waals surface area contributed by atoms with Crippen LogP contribution in [0.25, 0.3) is 0 Å². The minimum Gasteiger partial charge on any atom is -0.198 e. The van der Waals surface area contributed by atoms with Gasteiger partial charge in [0.25, 0.3) is 0 Å². The van der Waals surface area contributed by atoms with E-state index in [0.717, 1.165) is 5.57 Å². The number of nitrogens with zero attached hydrogens (tertiary/aromatic N) is 2. The lowest BCUT2D eigenvalue weighted by Gasteiger charge is -1.80. The maximum atomic E-state index is 8.02. The van der Waals surface area contributed by atoms with Crippen molar-refractivity contribution >= 4 is 0 Å². The van der Waals surface area contributed by atoms with E-state index in [1.807, 2.05) is 19.1 Å². The van der Waals surface area contributed by atoms with Crippen molar-refractivity contribution in [2.24, 2.45) is 5.92 Å². The molecule has 0 radical (unpaired) electrons. The molecule has 0 aliphatic heterocycles. The summed E-state index contributed by atoms with van der Waals surface area (Å²) in [5.41, 5.74) is 0.773. The van der Waals surface area contributed by atoms with Crippen LogP contribution >= 0.6 is 0 Å². The summed E-state index contributed by atoms with van der Waals surface area (Å²) in [5, 5.41) is 16.0. The van der Waals surface area contributed by atoms with Crippen LogP contribution in [0.2, 0.25) is 0 Å². The third-order valence-electron chi connectivity index (χ3n) is 1.17. The van der Waals surface area contributed by atoms with Crippen LogP contribution in [0.15, 0.2) is 24.3 Å². The van der Waals surface area contributed by atoms with Gasteiger partial charge < -0.3 is 0 Å². The number of hydrogen-bond acceptors (Lipinski definition) is 2. The summed E-state index contributed by atoms with van der Waals surface area (Å²) in [4.78, 5) is 0. The zero-order valence-electron chi connectivity index (χ0n) is 7.83. The minimum absolute atomic E-state index is 0.00463. The molecule has 1 unspecified atom stereocenters. The highest BCUT2D eigenvalue weighted by molar-refractivity contribution is 5.15. The normalized spacial score (nSPS) is 11.2. The molecule has 0 aliphatic rings. The van der Waals surface area contributed by atoms with E-state index in [0.29, 0.717) is 0 Å². The number of hydrogen-bond donors (Lipinski definition) is 0. The quantitative estimate of drug-likeness (QED) is 0.439. The van der Waals surface area contributed by atoms with E-state index in [2.05, 4.69) is 6.58 Å². The fourth-order valence-electron chi connectivity index (χ4n) is 0.117. The molecule has 0 aromatic carbocycles. The molecule has 2 heteroatoms. The number of allylic oxidation sites excluding steroid dienone is 3. The average Bonchev–Trinajstić information content (AvgIpc) is 2.16. The number of rotatable bonds is 1. The first-order chi connectivity index (χ1) is 5.62.